The largest absolute Gasteiger partial charge is 0.443 e. The molecule has 3 rings (SSSR count). The predicted molar refractivity (Wildman–Crippen MR) is 137 cm³/mol. The van der Waals surface area contributed by atoms with E-state index in [1.807, 2.05) is 39.0 Å². The number of hydrogen-bond donors (Lipinski definition) is 0. The van der Waals surface area contributed by atoms with Gasteiger partial charge in [-0.15, -0.1) is 0 Å². The Morgan fingerprint density at radius 1 is 0.938 bits per heavy atom. The van der Waals surface area contributed by atoms with Crippen LogP contribution in [0.5, 0.6) is 0 Å². The molecule has 1 amide bonds. The summed E-state index contributed by atoms with van der Waals surface area (Å²) in [5.74, 6) is 0. The number of carbonyl (C=O) groups is 1. The van der Waals surface area contributed by atoms with Crippen molar-refractivity contribution in [2.75, 3.05) is 4.90 Å². The van der Waals surface area contributed by atoms with E-state index in [-0.39, 0.29) is 6.09 Å². The topological polar surface area (TPSA) is 29.5 Å². The lowest BCUT2D eigenvalue weighted by atomic mass is 10.1. The molecular formula is C28H37NO2S. The van der Waals surface area contributed by atoms with Crippen LogP contribution in [0.4, 0.5) is 16.2 Å². The van der Waals surface area contributed by atoms with Crippen LogP contribution in [0.2, 0.25) is 0 Å². The van der Waals surface area contributed by atoms with E-state index in [4.69, 9.17) is 4.74 Å². The van der Waals surface area contributed by atoms with Gasteiger partial charge in [0.05, 0.1) is 11.4 Å². The lowest BCUT2D eigenvalue weighted by molar-refractivity contribution is 0.0597. The van der Waals surface area contributed by atoms with E-state index in [0.717, 1.165) is 33.2 Å². The molecule has 0 radical (unpaired) electrons. The zero-order valence-electron chi connectivity index (χ0n) is 20.0. The maximum absolute atomic E-state index is 13.2. The van der Waals surface area contributed by atoms with Crippen molar-refractivity contribution in [2.24, 2.45) is 0 Å². The molecule has 0 aromatic heterocycles. The van der Waals surface area contributed by atoms with E-state index in [2.05, 4.69) is 43.3 Å². The van der Waals surface area contributed by atoms with Gasteiger partial charge >= 0.3 is 6.09 Å². The molecule has 3 nitrogen and oxygen atoms in total. The monoisotopic (exact) mass is 451 g/mol. The number of nitrogens with zero attached hydrogens (tertiary/aromatic N) is 1. The highest BCUT2D eigenvalue weighted by Gasteiger charge is 2.31. The van der Waals surface area contributed by atoms with Crippen LogP contribution in [-0.2, 0) is 4.74 Å². The summed E-state index contributed by atoms with van der Waals surface area (Å²) in [7, 11) is 0. The number of para-hydroxylation sites is 1. The minimum atomic E-state index is -0.551. The second-order valence-corrected chi connectivity index (χ2v) is 10.5. The molecule has 0 fully saturated rings. The zero-order valence-corrected chi connectivity index (χ0v) is 20.8. The van der Waals surface area contributed by atoms with Crippen LogP contribution in [-0.4, -0.2) is 11.7 Å². The van der Waals surface area contributed by atoms with Crippen LogP contribution < -0.4 is 4.90 Å². The third-order valence-corrected chi connectivity index (χ3v) is 6.54. The molecule has 1 aliphatic heterocycles. The fourth-order valence-corrected chi connectivity index (χ4v) is 4.86. The van der Waals surface area contributed by atoms with Crippen molar-refractivity contribution in [3.8, 4) is 0 Å². The quantitative estimate of drug-likeness (QED) is 0.356. The lowest BCUT2D eigenvalue weighted by Gasteiger charge is -2.33. The number of ether oxygens (including phenoxy) is 1. The molecule has 172 valence electrons. The van der Waals surface area contributed by atoms with Gasteiger partial charge in [0, 0.05) is 9.79 Å². The van der Waals surface area contributed by atoms with Gasteiger partial charge in [0.15, 0.2) is 0 Å². The molecule has 32 heavy (non-hydrogen) atoms. The Hall–Kier alpha value is -2.20. The minimum absolute atomic E-state index is 0.337. The first kappa shape index (κ1) is 24.4. The summed E-state index contributed by atoms with van der Waals surface area (Å²) in [4.78, 5) is 17.0. The summed E-state index contributed by atoms with van der Waals surface area (Å²) in [5.41, 5.74) is 2.33. The van der Waals surface area contributed by atoms with Crippen molar-refractivity contribution < 1.29 is 9.53 Å². The zero-order chi connectivity index (χ0) is 23.0. The van der Waals surface area contributed by atoms with Gasteiger partial charge in [-0.1, -0.05) is 87.6 Å². The summed E-state index contributed by atoms with van der Waals surface area (Å²) in [6.45, 7) is 7.97. The van der Waals surface area contributed by atoms with Gasteiger partial charge in [0.25, 0.3) is 0 Å². The number of fused-ring (bicyclic) bond motifs is 2. The summed E-state index contributed by atoms with van der Waals surface area (Å²) >= 11 is 1.70. The van der Waals surface area contributed by atoms with Crippen LogP contribution in [0.25, 0.3) is 6.08 Å². The molecule has 0 bridgehead atoms. The van der Waals surface area contributed by atoms with E-state index in [9.17, 15) is 4.79 Å². The first-order valence-electron chi connectivity index (χ1n) is 12.0. The average molecular weight is 452 g/mol. The van der Waals surface area contributed by atoms with Gasteiger partial charge in [-0.3, -0.25) is 0 Å². The van der Waals surface area contributed by atoms with E-state index in [1.165, 1.54) is 44.9 Å². The van der Waals surface area contributed by atoms with Gasteiger partial charge in [-0.25, -0.2) is 9.69 Å². The van der Waals surface area contributed by atoms with Gasteiger partial charge < -0.3 is 4.74 Å². The van der Waals surface area contributed by atoms with Gasteiger partial charge in [0.2, 0.25) is 0 Å². The molecule has 0 atom stereocenters. The van der Waals surface area contributed by atoms with Crippen molar-refractivity contribution in [2.45, 2.75) is 94.5 Å². The van der Waals surface area contributed by atoms with Gasteiger partial charge in [-0.05, 0) is 63.4 Å². The third-order valence-electron chi connectivity index (χ3n) is 5.41. The van der Waals surface area contributed by atoms with Crippen LogP contribution in [0.15, 0.2) is 58.3 Å². The Balaban J connectivity index is 1.70. The highest BCUT2D eigenvalue weighted by atomic mass is 32.2. The first-order valence-corrected chi connectivity index (χ1v) is 12.8. The Kier molecular flexibility index (Phi) is 8.86. The molecule has 2 aromatic carbocycles. The first-order chi connectivity index (χ1) is 15.4. The number of carbonyl (C=O) groups excluding carboxylic acids is 1. The molecule has 0 saturated carbocycles. The number of rotatable bonds is 9. The van der Waals surface area contributed by atoms with E-state index in [1.54, 1.807) is 16.7 Å². The molecule has 1 heterocycles. The highest BCUT2D eigenvalue weighted by molar-refractivity contribution is 7.99. The molecule has 2 aromatic rings. The van der Waals surface area contributed by atoms with Crippen molar-refractivity contribution in [1.29, 1.82) is 0 Å². The number of amides is 1. The van der Waals surface area contributed by atoms with Crippen molar-refractivity contribution >= 4 is 35.3 Å². The molecule has 0 unspecified atom stereocenters. The summed E-state index contributed by atoms with van der Waals surface area (Å²) in [5, 5.41) is 0. The second-order valence-electron chi connectivity index (χ2n) is 9.43. The highest BCUT2D eigenvalue weighted by Crippen LogP contribution is 2.48. The van der Waals surface area contributed by atoms with Crippen LogP contribution in [0, 0.1) is 0 Å². The Labute approximate surface area is 198 Å². The smallest absolute Gasteiger partial charge is 0.419 e. The molecule has 4 heteroatoms. The van der Waals surface area contributed by atoms with E-state index < -0.39 is 5.60 Å². The maximum Gasteiger partial charge on any atom is 0.419 e. The third kappa shape index (κ3) is 6.90. The van der Waals surface area contributed by atoms with Crippen molar-refractivity contribution in [3.05, 3.63) is 54.1 Å². The van der Waals surface area contributed by atoms with Crippen LogP contribution in [0.3, 0.4) is 0 Å². The summed E-state index contributed by atoms with van der Waals surface area (Å²) < 4.78 is 5.75. The van der Waals surface area contributed by atoms with Crippen molar-refractivity contribution in [3.63, 3.8) is 0 Å². The number of anilines is 2. The Bertz CT molecular complexity index is 929. The molecular weight excluding hydrogens is 414 g/mol. The maximum atomic E-state index is 13.2. The summed E-state index contributed by atoms with van der Waals surface area (Å²) in [6, 6.07) is 14.4. The fourth-order valence-electron chi connectivity index (χ4n) is 3.82. The number of benzene rings is 2. The van der Waals surface area contributed by atoms with Gasteiger partial charge in [0.1, 0.15) is 5.60 Å². The average Bonchev–Trinajstić information content (AvgIpc) is 2.75. The van der Waals surface area contributed by atoms with Crippen LogP contribution >= 0.6 is 11.8 Å². The van der Waals surface area contributed by atoms with E-state index in [0.29, 0.717) is 0 Å². The normalized spacial score (nSPS) is 13.2. The molecule has 0 aliphatic carbocycles. The SMILES string of the molecule is CCCCCCCCC/C=C/c1ccc2c(c1)N(C(=O)OC(C)(C)C)c1ccccc1S2. The predicted octanol–water partition coefficient (Wildman–Crippen LogP) is 9.38. The van der Waals surface area contributed by atoms with E-state index >= 15 is 0 Å². The Morgan fingerprint density at radius 2 is 1.62 bits per heavy atom. The fraction of sp³-hybridized carbons (Fsp3) is 0.464. The lowest BCUT2D eigenvalue weighted by Crippen LogP contribution is -2.35. The molecule has 0 saturated heterocycles. The summed E-state index contributed by atoms with van der Waals surface area (Å²) in [6.07, 6.45) is 14.5. The molecule has 0 N–H and O–H groups in total. The van der Waals surface area contributed by atoms with Crippen LogP contribution in [0.1, 0.15) is 84.6 Å². The Morgan fingerprint density at radius 3 is 2.38 bits per heavy atom. The van der Waals surface area contributed by atoms with Gasteiger partial charge in [-0.2, -0.15) is 0 Å². The number of hydrogen-bond acceptors (Lipinski definition) is 3. The number of unbranched alkanes of at least 4 members (excludes halogenated alkanes) is 7. The molecule has 0 spiro atoms. The minimum Gasteiger partial charge on any atom is -0.443 e. The molecule has 1 aliphatic rings. The van der Waals surface area contributed by atoms with Crippen molar-refractivity contribution in [1.82, 2.24) is 0 Å². The second kappa shape index (κ2) is 11.6. The number of allylic oxidation sites excluding steroid dienone is 1. The standard InChI is InChI=1S/C28H37NO2S/c1-5-6-7-8-9-10-11-12-13-16-22-19-20-26-24(21-22)29(27(30)31-28(2,3)4)23-17-14-15-18-25(23)32-26/h13-21H,5-12H2,1-4H3/b16-13+.